The minimum Gasteiger partial charge on any atom is -0.507 e. The number of pyridine rings is 2. The highest BCUT2D eigenvalue weighted by atomic mass is 16.5. The van der Waals surface area contributed by atoms with E-state index in [2.05, 4.69) is 9.97 Å². The van der Waals surface area contributed by atoms with Crippen molar-refractivity contribution in [1.29, 1.82) is 0 Å². The van der Waals surface area contributed by atoms with E-state index in [1.807, 2.05) is 6.07 Å². The standard InChI is InChI=1S/C24H21N3O5/c1-31-17-6-7-18(19(13-17)32-2)22(28)20-21(15-8-11-25-12-9-15)27(24(30)23(20)29)14-16-5-3-4-10-26-16/h3-13,21,28H,14H2,1-2H3/b22-20-. The number of methoxy groups -OCH3 is 2. The number of Topliss-reactive ketones (excluding diaryl/α,β-unsaturated/α-hetero) is 1. The molecule has 1 aliphatic heterocycles. The third-order valence-electron chi connectivity index (χ3n) is 5.28. The molecule has 1 saturated heterocycles. The SMILES string of the molecule is COc1ccc(/C(O)=C2/C(=O)C(=O)N(Cc3ccccn3)C2c2ccncc2)c(OC)c1. The van der Waals surface area contributed by atoms with Crippen molar-refractivity contribution in [2.75, 3.05) is 14.2 Å². The van der Waals surface area contributed by atoms with Gasteiger partial charge in [0.15, 0.2) is 0 Å². The molecule has 0 aliphatic carbocycles. The van der Waals surface area contributed by atoms with E-state index in [-0.39, 0.29) is 23.4 Å². The first-order chi connectivity index (χ1) is 15.5. The van der Waals surface area contributed by atoms with Gasteiger partial charge >= 0.3 is 0 Å². The molecule has 8 heteroatoms. The lowest BCUT2D eigenvalue weighted by Gasteiger charge is -2.25. The number of aliphatic hydroxyl groups is 1. The van der Waals surface area contributed by atoms with Crippen LogP contribution in [0, 0.1) is 0 Å². The second-order valence-electron chi connectivity index (χ2n) is 7.09. The molecular formula is C24H21N3O5. The Balaban J connectivity index is 1.88. The normalized spacial score (nSPS) is 17.4. The first-order valence-corrected chi connectivity index (χ1v) is 9.85. The Morgan fingerprint density at radius 3 is 2.47 bits per heavy atom. The summed E-state index contributed by atoms with van der Waals surface area (Å²) in [6.07, 6.45) is 4.77. The van der Waals surface area contributed by atoms with Crippen LogP contribution < -0.4 is 9.47 Å². The molecule has 3 heterocycles. The molecule has 1 aromatic carbocycles. The van der Waals surface area contributed by atoms with Gasteiger partial charge in [-0.15, -0.1) is 0 Å². The molecule has 1 amide bonds. The number of carbonyl (C=O) groups excluding carboxylic acids is 2. The van der Waals surface area contributed by atoms with E-state index in [1.54, 1.807) is 61.1 Å². The summed E-state index contributed by atoms with van der Waals surface area (Å²) in [7, 11) is 2.96. The number of amides is 1. The maximum absolute atomic E-state index is 13.1. The van der Waals surface area contributed by atoms with Gasteiger partial charge in [0.1, 0.15) is 17.3 Å². The zero-order valence-electron chi connectivity index (χ0n) is 17.6. The zero-order chi connectivity index (χ0) is 22.7. The summed E-state index contributed by atoms with van der Waals surface area (Å²) in [6, 6.07) is 12.8. The zero-order valence-corrected chi connectivity index (χ0v) is 17.6. The second-order valence-corrected chi connectivity index (χ2v) is 7.09. The van der Waals surface area contributed by atoms with Gasteiger partial charge in [-0.3, -0.25) is 19.6 Å². The number of hydrogen-bond acceptors (Lipinski definition) is 7. The fourth-order valence-corrected chi connectivity index (χ4v) is 3.74. The van der Waals surface area contributed by atoms with Gasteiger partial charge in [-0.25, -0.2) is 0 Å². The van der Waals surface area contributed by atoms with Crippen molar-refractivity contribution in [2.45, 2.75) is 12.6 Å². The van der Waals surface area contributed by atoms with E-state index in [9.17, 15) is 14.7 Å². The Kier molecular flexibility index (Phi) is 5.85. The summed E-state index contributed by atoms with van der Waals surface area (Å²) in [5.41, 5.74) is 1.52. The largest absolute Gasteiger partial charge is 0.507 e. The molecule has 2 aromatic heterocycles. The van der Waals surface area contributed by atoms with Crippen molar-refractivity contribution in [3.8, 4) is 11.5 Å². The minimum atomic E-state index is -0.813. The number of nitrogens with zero attached hydrogens (tertiary/aromatic N) is 3. The minimum absolute atomic E-state index is 0.0272. The lowest BCUT2D eigenvalue weighted by Crippen LogP contribution is -2.29. The number of hydrogen-bond donors (Lipinski definition) is 1. The third-order valence-corrected chi connectivity index (χ3v) is 5.28. The topological polar surface area (TPSA) is 102 Å². The Hall–Kier alpha value is -4.20. The number of rotatable bonds is 6. The fraction of sp³-hybridized carbons (Fsp3) is 0.167. The van der Waals surface area contributed by atoms with Crippen molar-refractivity contribution >= 4 is 17.4 Å². The van der Waals surface area contributed by atoms with E-state index >= 15 is 0 Å². The predicted molar refractivity (Wildman–Crippen MR) is 116 cm³/mol. The summed E-state index contributed by atoms with van der Waals surface area (Å²) in [6.45, 7) is 0.106. The van der Waals surface area contributed by atoms with E-state index < -0.39 is 17.7 Å². The summed E-state index contributed by atoms with van der Waals surface area (Å²) >= 11 is 0. The molecule has 162 valence electrons. The summed E-state index contributed by atoms with van der Waals surface area (Å²) in [4.78, 5) is 35.9. The van der Waals surface area contributed by atoms with Gasteiger partial charge in [0.25, 0.3) is 11.7 Å². The molecule has 1 atom stereocenters. The van der Waals surface area contributed by atoms with Crippen molar-refractivity contribution in [3.05, 3.63) is 89.5 Å². The van der Waals surface area contributed by atoms with Gasteiger partial charge < -0.3 is 19.5 Å². The summed E-state index contributed by atoms with van der Waals surface area (Å²) in [5.74, 6) is -0.983. The first-order valence-electron chi connectivity index (χ1n) is 9.85. The summed E-state index contributed by atoms with van der Waals surface area (Å²) < 4.78 is 10.6. The average molecular weight is 431 g/mol. The molecule has 3 aromatic rings. The fourth-order valence-electron chi connectivity index (χ4n) is 3.74. The Labute approximate surface area is 184 Å². The molecule has 0 bridgehead atoms. The molecule has 1 aliphatic rings. The van der Waals surface area contributed by atoms with E-state index in [0.29, 0.717) is 22.8 Å². The number of aliphatic hydroxyl groups excluding tert-OH is 1. The number of ether oxygens (including phenoxy) is 2. The number of aromatic nitrogens is 2. The average Bonchev–Trinajstić information content (AvgIpc) is 3.09. The van der Waals surface area contributed by atoms with Crippen LogP contribution in [0.5, 0.6) is 11.5 Å². The monoisotopic (exact) mass is 431 g/mol. The number of benzene rings is 1. The van der Waals surface area contributed by atoms with Crippen LogP contribution in [0.15, 0.2) is 72.7 Å². The van der Waals surface area contributed by atoms with Crippen molar-refractivity contribution in [3.63, 3.8) is 0 Å². The molecule has 1 N–H and O–H groups in total. The van der Waals surface area contributed by atoms with Crippen molar-refractivity contribution in [1.82, 2.24) is 14.9 Å². The third kappa shape index (κ3) is 3.78. The highest BCUT2D eigenvalue weighted by Crippen LogP contribution is 2.41. The van der Waals surface area contributed by atoms with Gasteiger partial charge in [0, 0.05) is 24.7 Å². The van der Waals surface area contributed by atoms with Gasteiger partial charge in [0.05, 0.1) is 43.6 Å². The van der Waals surface area contributed by atoms with Crippen LogP contribution >= 0.6 is 0 Å². The lowest BCUT2D eigenvalue weighted by atomic mass is 9.95. The molecule has 4 rings (SSSR count). The van der Waals surface area contributed by atoms with Crippen molar-refractivity contribution < 1.29 is 24.2 Å². The predicted octanol–water partition coefficient (Wildman–Crippen LogP) is 3.12. The van der Waals surface area contributed by atoms with Crippen LogP contribution in [0.25, 0.3) is 5.76 Å². The van der Waals surface area contributed by atoms with Gasteiger partial charge in [-0.1, -0.05) is 6.07 Å². The molecule has 1 unspecified atom stereocenters. The molecule has 8 nitrogen and oxygen atoms in total. The second kappa shape index (κ2) is 8.89. The molecule has 0 spiro atoms. The Morgan fingerprint density at radius 1 is 1.03 bits per heavy atom. The van der Waals surface area contributed by atoms with Crippen LogP contribution in [0.4, 0.5) is 0 Å². The molecule has 0 saturated carbocycles. The lowest BCUT2D eigenvalue weighted by molar-refractivity contribution is -0.140. The maximum Gasteiger partial charge on any atom is 0.296 e. The van der Waals surface area contributed by atoms with Crippen LogP contribution in [0.3, 0.4) is 0 Å². The smallest absolute Gasteiger partial charge is 0.296 e. The van der Waals surface area contributed by atoms with Gasteiger partial charge in [0.2, 0.25) is 0 Å². The van der Waals surface area contributed by atoms with Crippen LogP contribution in [-0.4, -0.2) is 45.9 Å². The van der Waals surface area contributed by atoms with Gasteiger partial charge in [-0.05, 0) is 42.0 Å². The quantitative estimate of drug-likeness (QED) is 0.363. The summed E-state index contributed by atoms with van der Waals surface area (Å²) in [5, 5.41) is 11.2. The van der Waals surface area contributed by atoms with E-state index in [0.717, 1.165) is 0 Å². The van der Waals surface area contributed by atoms with Crippen molar-refractivity contribution in [2.24, 2.45) is 0 Å². The van der Waals surface area contributed by atoms with E-state index in [1.165, 1.54) is 19.1 Å². The van der Waals surface area contributed by atoms with Crippen LogP contribution in [0.2, 0.25) is 0 Å². The highest BCUT2D eigenvalue weighted by molar-refractivity contribution is 6.46. The Bertz CT molecular complexity index is 1180. The van der Waals surface area contributed by atoms with Gasteiger partial charge in [-0.2, -0.15) is 0 Å². The number of likely N-dealkylation sites (tertiary alicyclic amines) is 1. The molecule has 1 fully saturated rings. The van der Waals surface area contributed by atoms with Crippen LogP contribution in [0.1, 0.15) is 22.9 Å². The highest BCUT2D eigenvalue weighted by Gasteiger charge is 2.46. The number of carbonyl (C=O) groups is 2. The number of ketones is 1. The van der Waals surface area contributed by atoms with E-state index in [4.69, 9.17) is 9.47 Å². The molecule has 32 heavy (non-hydrogen) atoms. The maximum atomic E-state index is 13.1. The molecule has 0 radical (unpaired) electrons. The first kappa shape index (κ1) is 21.0. The molecular weight excluding hydrogens is 410 g/mol. The Morgan fingerprint density at radius 2 is 1.81 bits per heavy atom. The van der Waals surface area contributed by atoms with Crippen LogP contribution in [-0.2, 0) is 16.1 Å².